The highest BCUT2D eigenvalue weighted by molar-refractivity contribution is 5.80. The van der Waals surface area contributed by atoms with Gasteiger partial charge in [0.2, 0.25) is 5.91 Å². The van der Waals surface area contributed by atoms with Gasteiger partial charge in [0.05, 0.1) is 19.6 Å². The minimum absolute atomic E-state index is 0.0934. The SMILES string of the molecule is COc1cccc2c1OC[C@H](C(=O)N(Cc1nccn1C)C(C)C)C2. The van der Waals surface area contributed by atoms with Crippen LogP contribution in [0.2, 0.25) is 0 Å². The number of hydrogen-bond acceptors (Lipinski definition) is 4. The molecule has 2 heterocycles. The van der Waals surface area contributed by atoms with Gasteiger partial charge in [0, 0.05) is 25.5 Å². The number of methoxy groups -OCH3 is 1. The Balaban J connectivity index is 1.78. The van der Waals surface area contributed by atoms with Crippen molar-refractivity contribution < 1.29 is 14.3 Å². The molecule has 0 saturated carbocycles. The fraction of sp³-hybridized carbons (Fsp3) is 0.474. The van der Waals surface area contributed by atoms with Crippen LogP contribution in [0.3, 0.4) is 0 Å². The molecule has 0 bridgehead atoms. The van der Waals surface area contributed by atoms with Gasteiger partial charge in [-0.2, -0.15) is 0 Å². The van der Waals surface area contributed by atoms with Gasteiger partial charge in [-0.05, 0) is 31.9 Å². The molecule has 1 amide bonds. The number of benzene rings is 1. The molecule has 0 fully saturated rings. The van der Waals surface area contributed by atoms with E-state index in [2.05, 4.69) is 4.98 Å². The van der Waals surface area contributed by atoms with Crippen molar-refractivity contribution in [1.29, 1.82) is 0 Å². The summed E-state index contributed by atoms with van der Waals surface area (Å²) in [6.45, 7) is 4.93. The highest BCUT2D eigenvalue weighted by Crippen LogP contribution is 2.36. The number of carbonyl (C=O) groups is 1. The third-order valence-electron chi connectivity index (χ3n) is 4.66. The van der Waals surface area contributed by atoms with Crippen molar-refractivity contribution in [2.24, 2.45) is 13.0 Å². The number of aryl methyl sites for hydroxylation is 1. The van der Waals surface area contributed by atoms with Gasteiger partial charge in [-0.3, -0.25) is 4.79 Å². The van der Waals surface area contributed by atoms with Crippen LogP contribution in [-0.2, 0) is 24.8 Å². The summed E-state index contributed by atoms with van der Waals surface area (Å²) in [4.78, 5) is 19.3. The van der Waals surface area contributed by atoms with Gasteiger partial charge in [-0.15, -0.1) is 0 Å². The van der Waals surface area contributed by atoms with Crippen molar-refractivity contribution in [2.75, 3.05) is 13.7 Å². The Bertz CT molecular complexity index is 754. The number of fused-ring (bicyclic) bond motifs is 1. The zero-order valence-corrected chi connectivity index (χ0v) is 15.2. The van der Waals surface area contributed by atoms with Crippen LogP contribution < -0.4 is 9.47 Å². The maximum Gasteiger partial charge on any atom is 0.230 e. The molecule has 6 heteroatoms. The number of nitrogens with zero attached hydrogens (tertiary/aromatic N) is 3. The van der Waals surface area contributed by atoms with Crippen LogP contribution in [0.25, 0.3) is 0 Å². The Morgan fingerprint density at radius 1 is 1.48 bits per heavy atom. The number of rotatable bonds is 5. The van der Waals surface area contributed by atoms with Crippen molar-refractivity contribution in [1.82, 2.24) is 14.5 Å². The molecule has 0 saturated heterocycles. The first kappa shape index (κ1) is 17.3. The first-order valence-corrected chi connectivity index (χ1v) is 8.56. The predicted molar refractivity (Wildman–Crippen MR) is 94.6 cm³/mol. The quantitative estimate of drug-likeness (QED) is 0.837. The van der Waals surface area contributed by atoms with Crippen LogP contribution in [0.15, 0.2) is 30.6 Å². The normalized spacial score (nSPS) is 16.3. The molecule has 134 valence electrons. The number of amides is 1. The summed E-state index contributed by atoms with van der Waals surface area (Å²) in [5, 5.41) is 0. The number of ether oxygens (including phenoxy) is 2. The van der Waals surface area contributed by atoms with Crippen LogP contribution >= 0.6 is 0 Å². The number of carbonyl (C=O) groups excluding carboxylic acids is 1. The zero-order chi connectivity index (χ0) is 18.0. The summed E-state index contributed by atoms with van der Waals surface area (Å²) < 4.78 is 13.2. The summed E-state index contributed by atoms with van der Waals surface area (Å²) in [6.07, 6.45) is 4.31. The number of hydrogen-bond donors (Lipinski definition) is 0. The van der Waals surface area contributed by atoms with Crippen molar-refractivity contribution in [3.8, 4) is 11.5 Å². The van der Waals surface area contributed by atoms with E-state index in [-0.39, 0.29) is 17.9 Å². The second-order valence-electron chi connectivity index (χ2n) is 6.67. The first-order valence-electron chi connectivity index (χ1n) is 8.56. The van der Waals surface area contributed by atoms with E-state index < -0.39 is 0 Å². The lowest BCUT2D eigenvalue weighted by Gasteiger charge is -2.33. The molecule has 0 unspecified atom stereocenters. The molecule has 1 aromatic heterocycles. The molecule has 0 aliphatic carbocycles. The summed E-state index contributed by atoms with van der Waals surface area (Å²) in [7, 11) is 3.57. The number of aromatic nitrogens is 2. The first-order chi connectivity index (χ1) is 12.0. The predicted octanol–water partition coefficient (Wildman–Crippen LogP) is 2.42. The smallest absolute Gasteiger partial charge is 0.230 e. The lowest BCUT2D eigenvalue weighted by Crippen LogP contribution is -2.44. The Kier molecular flexibility index (Phi) is 4.97. The molecule has 1 aliphatic heterocycles. The van der Waals surface area contributed by atoms with Crippen LogP contribution in [0, 0.1) is 5.92 Å². The largest absolute Gasteiger partial charge is 0.493 e. The second-order valence-corrected chi connectivity index (χ2v) is 6.67. The standard InChI is InChI=1S/C19H25N3O3/c1-13(2)22(11-17-20-8-9-21(17)3)19(23)15-10-14-6-5-7-16(24-4)18(14)25-12-15/h5-9,13,15H,10-12H2,1-4H3/t15-/m1/s1. The van der Waals surface area contributed by atoms with E-state index in [0.717, 1.165) is 22.9 Å². The van der Waals surface area contributed by atoms with E-state index in [9.17, 15) is 4.79 Å². The lowest BCUT2D eigenvalue weighted by molar-refractivity contribution is -0.139. The van der Waals surface area contributed by atoms with E-state index in [1.807, 2.05) is 54.8 Å². The van der Waals surface area contributed by atoms with Crippen molar-refractivity contribution in [3.05, 3.63) is 42.0 Å². The average molecular weight is 343 g/mol. The molecular formula is C19H25N3O3. The van der Waals surface area contributed by atoms with Crippen LogP contribution in [0.1, 0.15) is 25.2 Å². The molecule has 1 aromatic carbocycles. The second kappa shape index (κ2) is 7.17. The van der Waals surface area contributed by atoms with Crippen molar-refractivity contribution in [3.63, 3.8) is 0 Å². The number of imidazole rings is 1. The molecule has 0 N–H and O–H groups in total. The molecule has 1 atom stereocenters. The minimum atomic E-state index is -0.192. The molecule has 3 rings (SSSR count). The third kappa shape index (κ3) is 3.48. The van der Waals surface area contributed by atoms with Gasteiger partial charge in [0.15, 0.2) is 11.5 Å². The highest BCUT2D eigenvalue weighted by Gasteiger charge is 2.32. The topological polar surface area (TPSA) is 56.6 Å². The molecule has 0 radical (unpaired) electrons. The Morgan fingerprint density at radius 2 is 2.28 bits per heavy atom. The summed E-state index contributed by atoms with van der Waals surface area (Å²) in [5.41, 5.74) is 1.02. The van der Waals surface area contributed by atoms with E-state index >= 15 is 0 Å². The minimum Gasteiger partial charge on any atom is -0.493 e. The Labute approximate surface area is 148 Å². The summed E-state index contributed by atoms with van der Waals surface area (Å²) in [6, 6.07) is 5.90. The van der Waals surface area contributed by atoms with Crippen LogP contribution in [-0.4, -0.2) is 40.1 Å². The Morgan fingerprint density at radius 3 is 2.92 bits per heavy atom. The fourth-order valence-electron chi connectivity index (χ4n) is 3.16. The van der Waals surface area contributed by atoms with Crippen molar-refractivity contribution >= 4 is 5.91 Å². The lowest BCUT2D eigenvalue weighted by atomic mass is 9.94. The molecule has 1 aliphatic rings. The Hall–Kier alpha value is -2.50. The average Bonchev–Trinajstić information content (AvgIpc) is 3.02. The van der Waals surface area contributed by atoms with E-state index in [0.29, 0.717) is 19.6 Å². The molecular weight excluding hydrogens is 318 g/mol. The molecule has 25 heavy (non-hydrogen) atoms. The molecule has 6 nitrogen and oxygen atoms in total. The van der Waals surface area contributed by atoms with E-state index in [4.69, 9.17) is 9.47 Å². The highest BCUT2D eigenvalue weighted by atomic mass is 16.5. The van der Waals surface area contributed by atoms with Gasteiger partial charge in [0.1, 0.15) is 12.4 Å². The fourth-order valence-corrected chi connectivity index (χ4v) is 3.16. The van der Waals surface area contributed by atoms with Gasteiger partial charge in [0.25, 0.3) is 0 Å². The monoisotopic (exact) mass is 343 g/mol. The maximum absolute atomic E-state index is 13.1. The van der Waals surface area contributed by atoms with Crippen LogP contribution in [0.5, 0.6) is 11.5 Å². The zero-order valence-electron chi connectivity index (χ0n) is 15.2. The van der Waals surface area contributed by atoms with Gasteiger partial charge >= 0.3 is 0 Å². The van der Waals surface area contributed by atoms with E-state index in [1.54, 1.807) is 13.3 Å². The van der Waals surface area contributed by atoms with Crippen molar-refractivity contribution in [2.45, 2.75) is 32.9 Å². The summed E-state index contributed by atoms with van der Waals surface area (Å²) >= 11 is 0. The molecule has 2 aromatic rings. The van der Waals surface area contributed by atoms with Gasteiger partial charge in [-0.25, -0.2) is 4.98 Å². The molecule has 0 spiro atoms. The van der Waals surface area contributed by atoms with Gasteiger partial charge in [-0.1, -0.05) is 12.1 Å². The number of para-hydroxylation sites is 1. The van der Waals surface area contributed by atoms with Gasteiger partial charge < -0.3 is 18.9 Å². The third-order valence-corrected chi connectivity index (χ3v) is 4.66. The van der Waals surface area contributed by atoms with E-state index in [1.165, 1.54) is 0 Å². The summed E-state index contributed by atoms with van der Waals surface area (Å²) in [5.74, 6) is 2.26. The van der Waals surface area contributed by atoms with Crippen LogP contribution in [0.4, 0.5) is 0 Å². The maximum atomic E-state index is 13.1.